The Bertz CT molecular complexity index is 445. The maximum atomic E-state index is 13.5. The predicted molar refractivity (Wildman–Crippen MR) is 71.9 cm³/mol. The number of hydrogen-bond acceptors (Lipinski definition) is 3. The van der Waals surface area contributed by atoms with Crippen LogP contribution < -0.4 is 10.1 Å². The van der Waals surface area contributed by atoms with Gasteiger partial charge in [0, 0.05) is 24.8 Å². The lowest BCUT2D eigenvalue weighted by atomic mass is 10.1. The molecule has 0 aromatic heterocycles. The quantitative estimate of drug-likeness (QED) is 0.909. The molecule has 1 amide bonds. The Morgan fingerprint density at radius 3 is 2.74 bits per heavy atom. The average molecular weight is 266 g/mol. The van der Waals surface area contributed by atoms with Gasteiger partial charge in [-0.25, -0.2) is 4.39 Å². The number of likely N-dealkylation sites (tertiary alicyclic amines) is 1. The summed E-state index contributed by atoms with van der Waals surface area (Å²) in [5.74, 6) is -0.165. The SMILES string of the molecule is COc1ccc(NCC(=O)N2CCCCC2)cc1F. The van der Waals surface area contributed by atoms with Crippen molar-refractivity contribution in [2.75, 3.05) is 32.1 Å². The number of carbonyl (C=O) groups is 1. The number of halogens is 1. The summed E-state index contributed by atoms with van der Waals surface area (Å²) >= 11 is 0. The summed E-state index contributed by atoms with van der Waals surface area (Å²) < 4.78 is 18.3. The number of hydrogen-bond donors (Lipinski definition) is 1. The smallest absolute Gasteiger partial charge is 0.241 e. The molecule has 1 heterocycles. The van der Waals surface area contributed by atoms with E-state index >= 15 is 0 Å². The number of nitrogens with zero attached hydrogens (tertiary/aromatic N) is 1. The van der Waals surface area contributed by atoms with Gasteiger partial charge in [-0.3, -0.25) is 4.79 Å². The Morgan fingerprint density at radius 1 is 1.37 bits per heavy atom. The number of piperidine rings is 1. The number of rotatable bonds is 4. The van der Waals surface area contributed by atoms with E-state index in [2.05, 4.69) is 5.32 Å². The van der Waals surface area contributed by atoms with E-state index in [0.717, 1.165) is 25.9 Å². The minimum Gasteiger partial charge on any atom is -0.494 e. The van der Waals surface area contributed by atoms with E-state index < -0.39 is 5.82 Å². The van der Waals surface area contributed by atoms with Crippen molar-refractivity contribution >= 4 is 11.6 Å². The van der Waals surface area contributed by atoms with Crippen LogP contribution >= 0.6 is 0 Å². The van der Waals surface area contributed by atoms with Gasteiger partial charge in [0.25, 0.3) is 0 Å². The molecule has 1 fully saturated rings. The Labute approximate surface area is 112 Å². The van der Waals surface area contributed by atoms with Crippen LogP contribution in [0.4, 0.5) is 10.1 Å². The van der Waals surface area contributed by atoms with E-state index in [1.807, 2.05) is 4.90 Å². The van der Waals surface area contributed by atoms with E-state index in [9.17, 15) is 9.18 Å². The van der Waals surface area contributed by atoms with Crippen LogP contribution in [-0.2, 0) is 4.79 Å². The third-order valence-corrected chi connectivity index (χ3v) is 3.30. The summed E-state index contributed by atoms with van der Waals surface area (Å²) in [4.78, 5) is 13.8. The topological polar surface area (TPSA) is 41.6 Å². The molecule has 104 valence electrons. The lowest BCUT2D eigenvalue weighted by molar-refractivity contribution is -0.130. The first-order valence-electron chi connectivity index (χ1n) is 6.56. The van der Waals surface area contributed by atoms with Crippen molar-refractivity contribution in [2.24, 2.45) is 0 Å². The molecule has 1 aromatic carbocycles. The highest BCUT2D eigenvalue weighted by atomic mass is 19.1. The van der Waals surface area contributed by atoms with Gasteiger partial charge >= 0.3 is 0 Å². The Kier molecular flexibility index (Phi) is 4.60. The highest BCUT2D eigenvalue weighted by Gasteiger charge is 2.16. The van der Waals surface area contributed by atoms with Gasteiger partial charge in [0.2, 0.25) is 5.91 Å². The van der Waals surface area contributed by atoms with E-state index in [4.69, 9.17) is 4.74 Å². The molecule has 1 saturated heterocycles. The standard InChI is InChI=1S/C14H19FN2O2/c1-19-13-6-5-11(9-12(13)15)16-10-14(18)17-7-3-2-4-8-17/h5-6,9,16H,2-4,7-8,10H2,1H3. The Hall–Kier alpha value is -1.78. The van der Waals surface area contributed by atoms with E-state index in [-0.39, 0.29) is 18.2 Å². The third-order valence-electron chi connectivity index (χ3n) is 3.30. The first-order chi connectivity index (χ1) is 9.20. The van der Waals surface area contributed by atoms with Crippen LogP contribution in [0.2, 0.25) is 0 Å². The summed E-state index contributed by atoms with van der Waals surface area (Å²) in [5.41, 5.74) is 0.587. The zero-order chi connectivity index (χ0) is 13.7. The average Bonchev–Trinajstić information content (AvgIpc) is 2.46. The van der Waals surface area contributed by atoms with Crippen molar-refractivity contribution < 1.29 is 13.9 Å². The Morgan fingerprint density at radius 2 is 2.11 bits per heavy atom. The fourth-order valence-electron chi connectivity index (χ4n) is 2.21. The van der Waals surface area contributed by atoms with Crippen LogP contribution in [0, 0.1) is 5.82 Å². The van der Waals surface area contributed by atoms with Gasteiger partial charge in [0.05, 0.1) is 13.7 Å². The molecule has 1 aromatic rings. The van der Waals surface area contributed by atoms with Crippen LogP contribution in [0.3, 0.4) is 0 Å². The van der Waals surface area contributed by atoms with Crippen molar-refractivity contribution in [1.29, 1.82) is 0 Å². The van der Waals surface area contributed by atoms with Gasteiger partial charge < -0.3 is 15.0 Å². The summed E-state index contributed by atoms with van der Waals surface area (Å²) in [6.45, 7) is 1.86. The van der Waals surface area contributed by atoms with Crippen molar-refractivity contribution in [1.82, 2.24) is 4.90 Å². The van der Waals surface area contributed by atoms with E-state index in [1.165, 1.54) is 19.6 Å². The van der Waals surface area contributed by atoms with Gasteiger partial charge in [-0.2, -0.15) is 0 Å². The molecular formula is C14H19FN2O2. The minimum absolute atomic E-state index is 0.0657. The van der Waals surface area contributed by atoms with Gasteiger partial charge in [-0.15, -0.1) is 0 Å². The number of methoxy groups -OCH3 is 1. The molecule has 1 N–H and O–H groups in total. The maximum absolute atomic E-state index is 13.5. The molecule has 0 spiro atoms. The lowest BCUT2D eigenvalue weighted by Gasteiger charge is -2.26. The molecule has 1 aliphatic heterocycles. The van der Waals surface area contributed by atoms with Gasteiger partial charge in [0.1, 0.15) is 0 Å². The first kappa shape index (κ1) is 13.6. The second-order valence-electron chi connectivity index (χ2n) is 4.64. The van der Waals surface area contributed by atoms with Gasteiger partial charge in [-0.05, 0) is 31.4 Å². The molecular weight excluding hydrogens is 247 g/mol. The third kappa shape index (κ3) is 3.59. The van der Waals surface area contributed by atoms with Crippen LogP contribution in [0.1, 0.15) is 19.3 Å². The predicted octanol–water partition coefficient (Wildman–Crippen LogP) is 2.26. The van der Waals surface area contributed by atoms with Gasteiger partial charge in [-0.1, -0.05) is 0 Å². The maximum Gasteiger partial charge on any atom is 0.241 e. The summed E-state index contributed by atoms with van der Waals surface area (Å²) in [7, 11) is 1.42. The van der Waals surface area contributed by atoms with Crippen LogP contribution in [0.25, 0.3) is 0 Å². The van der Waals surface area contributed by atoms with Crippen molar-refractivity contribution in [3.63, 3.8) is 0 Å². The summed E-state index contributed by atoms with van der Waals surface area (Å²) in [6, 6.07) is 4.58. The van der Waals surface area contributed by atoms with Crippen LogP contribution in [0.15, 0.2) is 18.2 Å². The van der Waals surface area contributed by atoms with Gasteiger partial charge in [0.15, 0.2) is 11.6 Å². The fraction of sp³-hybridized carbons (Fsp3) is 0.500. The fourth-order valence-corrected chi connectivity index (χ4v) is 2.21. The number of carbonyl (C=O) groups excluding carboxylic acids is 1. The second kappa shape index (κ2) is 6.41. The van der Waals surface area contributed by atoms with E-state index in [0.29, 0.717) is 5.69 Å². The molecule has 0 radical (unpaired) electrons. The summed E-state index contributed by atoms with van der Waals surface area (Å²) in [6.07, 6.45) is 3.34. The first-order valence-corrected chi connectivity index (χ1v) is 6.56. The number of ether oxygens (including phenoxy) is 1. The number of benzene rings is 1. The highest BCUT2D eigenvalue weighted by Crippen LogP contribution is 2.20. The van der Waals surface area contributed by atoms with Crippen LogP contribution in [0.5, 0.6) is 5.75 Å². The lowest BCUT2D eigenvalue weighted by Crippen LogP contribution is -2.39. The molecule has 19 heavy (non-hydrogen) atoms. The monoisotopic (exact) mass is 266 g/mol. The molecule has 0 saturated carbocycles. The number of amides is 1. The molecule has 0 aliphatic carbocycles. The molecule has 1 aliphatic rings. The molecule has 0 atom stereocenters. The second-order valence-corrected chi connectivity index (χ2v) is 4.64. The molecule has 4 nitrogen and oxygen atoms in total. The molecule has 5 heteroatoms. The number of anilines is 1. The zero-order valence-electron chi connectivity index (χ0n) is 11.1. The van der Waals surface area contributed by atoms with Crippen LogP contribution in [-0.4, -0.2) is 37.6 Å². The summed E-state index contributed by atoms with van der Waals surface area (Å²) in [5, 5.41) is 2.95. The molecule has 2 rings (SSSR count). The minimum atomic E-state index is -0.432. The normalized spacial score (nSPS) is 15.2. The highest BCUT2D eigenvalue weighted by molar-refractivity contribution is 5.81. The number of nitrogens with one attached hydrogen (secondary N) is 1. The largest absolute Gasteiger partial charge is 0.494 e. The Balaban J connectivity index is 1.87. The van der Waals surface area contributed by atoms with E-state index in [1.54, 1.807) is 12.1 Å². The molecule has 0 unspecified atom stereocenters. The van der Waals surface area contributed by atoms with Crippen molar-refractivity contribution in [2.45, 2.75) is 19.3 Å². The van der Waals surface area contributed by atoms with Crippen molar-refractivity contribution in [3.05, 3.63) is 24.0 Å². The van der Waals surface area contributed by atoms with Crippen molar-refractivity contribution in [3.8, 4) is 5.75 Å². The molecule has 0 bridgehead atoms. The zero-order valence-corrected chi connectivity index (χ0v) is 11.1.